The first-order chi connectivity index (χ1) is 36.7. The number of hydrogen-bond acceptors (Lipinski definition) is 15. The maximum atomic E-state index is 12.8. The molecule has 0 atom stereocenters. The number of halogens is 9. The van der Waals surface area contributed by atoms with Crippen LogP contribution in [0.5, 0.6) is 17.2 Å². The Hall–Kier alpha value is -7.53. The highest BCUT2D eigenvalue weighted by atomic mass is 19.4. The molecule has 0 aliphatic heterocycles. The summed E-state index contributed by atoms with van der Waals surface area (Å²) >= 11 is 0. The Morgan fingerprint density at radius 1 is 0.418 bits per heavy atom. The molecule has 0 spiro atoms. The minimum atomic E-state index is -4.75. The Morgan fingerprint density at radius 3 is 0.937 bits per heavy atom. The zero-order chi connectivity index (χ0) is 60.0. The monoisotopic (exact) mass is 1140 g/mol. The van der Waals surface area contributed by atoms with Crippen molar-refractivity contribution in [3.63, 3.8) is 0 Å². The van der Waals surface area contributed by atoms with Crippen molar-refractivity contribution in [3.8, 4) is 17.2 Å². The van der Waals surface area contributed by atoms with Crippen LogP contribution in [0.1, 0.15) is 98.3 Å². The summed E-state index contributed by atoms with van der Waals surface area (Å²) in [6, 6.07) is 15.5. The summed E-state index contributed by atoms with van der Waals surface area (Å²) in [5.41, 5.74) is -0.224. The number of esters is 6. The molecular formula is C55H65F9O15. The van der Waals surface area contributed by atoms with Crippen molar-refractivity contribution < 1.29 is 111 Å². The van der Waals surface area contributed by atoms with Crippen LogP contribution in [0.2, 0.25) is 0 Å². The van der Waals surface area contributed by atoms with E-state index in [0.29, 0.717) is 36.0 Å². The Morgan fingerprint density at radius 2 is 0.684 bits per heavy atom. The average molecular weight is 1140 g/mol. The maximum Gasteiger partial charge on any atom is 0.573 e. The van der Waals surface area contributed by atoms with Crippen molar-refractivity contribution in [2.45, 2.75) is 107 Å². The molecule has 0 N–H and O–H groups in total. The van der Waals surface area contributed by atoms with Crippen molar-refractivity contribution in [1.82, 2.24) is 0 Å². The van der Waals surface area contributed by atoms with Crippen LogP contribution in [0.3, 0.4) is 0 Å². The smallest absolute Gasteiger partial charge is 0.462 e. The van der Waals surface area contributed by atoms with E-state index >= 15 is 0 Å². The van der Waals surface area contributed by atoms with E-state index in [0.717, 1.165) is 36.4 Å². The lowest BCUT2D eigenvalue weighted by atomic mass is 9.91. The molecule has 15 nitrogen and oxygen atoms in total. The molecule has 438 valence electrons. The Balaban J connectivity index is 0.000000594. The molecule has 24 heteroatoms. The van der Waals surface area contributed by atoms with Gasteiger partial charge in [-0.3, -0.25) is 14.4 Å². The number of rotatable bonds is 27. The Kier molecular flexibility index (Phi) is 29.6. The van der Waals surface area contributed by atoms with Crippen molar-refractivity contribution in [2.24, 2.45) is 16.2 Å². The summed E-state index contributed by atoms with van der Waals surface area (Å²) in [5.74, 6) is -3.82. The molecule has 0 aliphatic carbocycles. The van der Waals surface area contributed by atoms with Crippen molar-refractivity contribution in [3.05, 3.63) is 108 Å². The minimum absolute atomic E-state index is 0.0124. The summed E-state index contributed by atoms with van der Waals surface area (Å²) in [5, 5.41) is 0. The van der Waals surface area contributed by atoms with Crippen LogP contribution in [-0.4, -0.2) is 101 Å². The van der Waals surface area contributed by atoms with Crippen LogP contribution in [0, 0.1) is 16.2 Å². The molecule has 3 rings (SSSR count). The number of carbonyl (C=O) groups excluding carboxylic acids is 6. The van der Waals surface area contributed by atoms with Crippen LogP contribution in [0.4, 0.5) is 39.5 Å². The van der Waals surface area contributed by atoms with E-state index in [-0.39, 0.29) is 69.0 Å². The van der Waals surface area contributed by atoms with Crippen molar-refractivity contribution in [2.75, 3.05) is 39.6 Å². The molecule has 0 saturated heterocycles. The third kappa shape index (κ3) is 29.7. The Bertz CT molecular complexity index is 2450. The lowest BCUT2D eigenvalue weighted by molar-refractivity contribution is -0.274. The molecule has 0 saturated carbocycles. The first-order valence-electron chi connectivity index (χ1n) is 24.2. The van der Waals surface area contributed by atoms with Gasteiger partial charge in [0.2, 0.25) is 0 Å². The number of alkyl halides is 9. The number of benzene rings is 3. The number of hydrogen-bond donors (Lipinski definition) is 0. The van der Waals surface area contributed by atoms with E-state index in [1.165, 1.54) is 72.8 Å². The van der Waals surface area contributed by atoms with Gasteiger partial charge < -0.3 is 42.6 Å². The van der Waals surface area contributed by atoms with Gasteiger partial charge in [-0.25, -0.2) is 14.4 Å². The van der Waals surface area contributed by atoms with Crippen molar-refractivity contribution in [1.29, 1.82) is 0 Å². The van der Waals surface area contributed by atoms with Gasteiger partial charge in [0.05, 0.1) is 16.2 Å². The lowest BCUT2D eigenvalue weighted by Crippen LogP contribution is -2.33. The molecule has 0 unspecified atom stereocenters. The van der Waals surface area contributed by atoms with E-state index in [4.69, 9.17) is 28.4 Å². The third-order valence-electron chi connectivity index (χ3n) is 10.8. The van der Waals surface area contributed by atoms with Gasteiger partial charge in [0.15, 0.2) is 0 Å². The molecule has 0 amide bonds. The SMILES string of the molecule is CCC(C)(C)C(=O)OCCOC(=O)/C=C/c1ccc(OC(F)(F)C(F)F)cc1.CCC(C)(C)C(=O)OCCOC(=O)/C=C/c1ccc(OC(F)(F)F)cc1.CCC(C)(C)C(=O)OCCOC(=O)/C=C/c1ccc(OC(F)F)cc1. The predicted molar refractivity (Wildman–Crippen MR) is 269 cm³/mol. The molecule has 0 radical (unpaired) electrons. The van der Waals surface area contributed by atoms with E-state index in [1.807, 2.05) is 20.8 Å². The highest BCUT2D eigenvalue weighted by Crippen LogP contribution is 2.29. The summed E-state index contributed by atoms with van der Waals surface area (Å²) < 4.78 is 152. The fourth-order valence-corrected chi connectivity index (χ4v) is 4.88. The van der Waals surface area contributed by atoms with Gasteiger partial charge in [-0.2, -0.15) is 26.3 Å². The van der Waals surface area contributed by atoms with Gasteiger partial charge in [0.25, 0.3) is 0 Å². The molecule has 3 aromatic rings. The minimum Gasteiger partial charge on any atom is -0.462 e. The second-order valence-corrected chi connectivity index (χ2v) is 18.2. The molecule has 79 heavy (non-hydrogen) atoms. The van der Waals surface area contributed by atoms with Gasteiger partial charge in [0, 0.05) is 18.2 Å². The maximum absolute atomic E-state index is 12.8. The zero-order valence-corrected chi connectivity index (χ0v) is 44.9. The largest absolute Gasteiger partial charge is 0.573 e. The average Bonchev–Trinajstić information content (AvgIpc) is 3.39. The summed E-state index contributed by atoms with van der Waals surface area (Å²) in [4.78, 5) is 69.8. The third-order valence-corrected chi connectivity index (χ3v) is 10.8. The first-order valence-corrected chi connectivity index (χ1v) is 24.2. The van der Waals surface area contributed by atoms with E-state index in [1.54, 1.807) is 41.5 Å². The highest BCUT2D eigenvalue weighted by Gasteiger charge is 2.44. The van der Waals surface area contributed by atoms with Crippen LogP contribution in [0.25, 0.3) is 18.2 Å². The molecule has 0 heterocycles. The number of ether oxygens (including phenoxy) is 9. The van der Waals surface area contributed by atoms with E-state index in [9.17, 15) is 68.3 Å². The van der Waals surface area contributed by atoms with E-state index < -0.39 is 65.4 Å². The van der Waals surface area contributed by atoms with Gasteiger partial charge >= 0.3 is 61.3 Å². The van der Waals surface area contributed by atoms with Crippen LogP contribution in [-0.2, 0) is 57.2 Å². The second kappa shape index (κ2) is 33.7. The molecule has 3 aromatic carbocycles. The second-order valence-electron chi connectivity index (χ2n) is 18.2. The normalized spacial score (nSPS) is 12.0. The van der Waals surface area contributed by atoms with Gasteiger partial charge in [-0.1, -0.05) is 57.2 Å². The predicted octanol–water partition coefficient (Wildman–Crippen LogP) is 12.4. The van der Waals surface area contributed by atoms with Crippen LogP contribution < -0.4 is 14.2 Å². The van der Waals surface area contributed by atoms with Gasteiger partial charge in [-0.15, -0.1) is 13.2 Å². The van der Waals surface area contributed by atoms with Crippen LogP contribution >= 0.6 is 0 Å². The highest BCUT2D eigenvalue weighted by molar-refractivity contribution is 5.88. The lowest BCUT2D eigenvalue weighted by Gasteiger charge is -2.20. The zero-order valence-electron chi connectivity index (χ0n) is 44.9. The van der Waals surface area contributed by atoms with Gasteiger partial charge in [-0.05, 0) is 132 Å². The molecule has 0 fully saturated rings. The first kappa shape index (κ1) is 69.5. The standard InChI is InChI=1S/C19H22F4O5.C18H21F3O5.C18H22F2O5/c1-4-18(2,3)17(25)27-12-11-26-15(24)10-7-13-5-8-14(9-6-13)28-19(22,23)16(20)21;1-4-17(2,3)16(23)25-12-11-24-15(22)10-7-13-5-8-14(9-6-13)26-18(19,20)21;1-4-18(2,3)16(22)24-12-11-23-15(21)10-7-13-5-8-14(9-6-13)25-17(19)20/h5-10,16H,4,11-12H2,1-3H3;5-10H,4,11-12H2,1-3H3;5-10,17H,4,11-12H2,1-3H3/b3*10-7+. The fourth-order valence-electron chi connectivity index (χ4n) is 4.88. The van der Waals surface area contributed by atoms with Crippen LogP contribution in [0.15, 0.2) is 91.0 Å². The summed E-state index contributed by atoms with van der Waals surface area (Å²) in [6.07, 6.45) is -3.81. The number of carbonyl (C=O) groups is 6. The quantitative estimate of drug-likeness (QED) is 0.0231. The topological polar surface area (TPSA) is 185 Å². The molecule has 0 aliphatic rings. The summed E-state index contributed by atoms with van der Waals surface area (Å²) in [7, 11) is 0. The van der Waals surface area contributed by atoms with E-state index in [2.05, 4.69) is 14.2 Å². The van der Waals surface area contributed by atoms with Crippen molar-refractivity contribution >= 4 is 54.0 Å². The van der Waals surface area contributed by atoms with Gasteiger partial charge in [0.1, 0.15) is 56.9 Å². The molecule has 0 aromatic heterocycles. The summed E-state index contributed by atoms with van der Waals surface area (Å²) in [6.45, 7) is 12.9. The molecule has 0 bridgehead atoms. The Labute approximate surface area is 451 Å². The molecular weight excluding hydrogens is 1070 g/mol. The fraction of sp³-hybridized carbons (Fsp3) is 0.455.